The molecule has 6 atom stereocenters. The molecule has 3 aliphatic rings. The van der Waals surface area contributed by atoms with Crippen LogP contribution in [0.15, 0.2) is 90.0 Å². The third-order valence-corrected chi connectivity index (χ3v) is 6.97. The first-order valence-corrected chi connectivity index (χ1v) is 12.3. The molecule has 192 valence electrons. The van der Waals surface area contributed by atoms with Gasteiger partial charge in [-0.25, -0.2) is 0 Å². The van der Waals surface area contributed by atoms with E-state index in [2.05, 4.69) is 10.0 Å². The number of imide groups is 1. The lowest BCUT2D eigenvalue weighted by Crippen LogP contribution is -2.67. The average molecular weight is 513 g/mol. The molecular formula is C28H24N4O6. The quantitative estimate of drug-likeness (QED) is 0.209. The van der Waals surface area contributed by atoms with Crippen LogP contribution in [0.1, 0.15) is 38.1 Å². The van der Waals surface area contributed by atoms with E-state index < -0.39 is 48.7 Å². The van der Waals surface area contributed by atoms with Gasteiger partial charge in [0.2, 0.25) is 0 Å². The van der Waals surface area contributed by atoms with Gasteiger partial charge in [0.25, 0.3) is 11.8 Å². The highest BCUT2D eigenvalue weighted by atomic mass is 16.7. The van der Waals surface area contributed by atoms with E-state index in [0.717, 1.165) is 16.0 Å². The molecule has 38 heavy (non-hydrogen) atoms. The van der Waals surface area contributed by atoms with Gasteiger partial charge in [-0.3, -0.25) is 14.5 Å². The SMILES string of the molecule is [N-]=[N+]=N[C@@H]1O[C@@H]2CO[C@@H](c3ccccc3)O[C@H]2[C@H](OCc2ccccc2)[C@H]1N1C(=O)c2ccccc2C1=O. The molecule has 0 unspecified atom stereocenters. The van der Waals surface area contributed by atoms with Crippen LogP contribution in [0.5, 0.6) is 0 Å². The second-order valence-electron chi connectivity index (χ2n) is 9.22. The van der Waals surface area contributed by atoms with Crippen molar-refractivity contribution in [2.75, 3.05) is 6.61 Å². The molecular weight excluding hydrogens is 488 g/mol. The van der Waals surface area contributed by atoms with Gasteiger partial charge in [-0.2, -0.15) is 0 Å². The molecule has 0 spiro atoms. The third-order valence-electron chi connectivity index (χ3n) is 6.97. The molecule has 2 saturated heterocycles. The van der Waals surface area contributed by atoms with Crippen molar-refractivity contribution >= 4 is 11.8 Å². The van der Waals surface area contributed by atoms with E-state index in [1.165, 1.54) is 0 Å². The number of ether oxygens (including phenoxy) is 4. The summed E-state index contributed by atoms with van der Waals surface area (Å²) in [6.07, 6.45) is -4.16. The Morgan fingerprint density at radius 1 is 0.895 bits per heavy atom. The van der Waals surface area contributed by atoms with Crippen LogP contribution in [-0.2, 0) is 25.6 Å². The van der Waals surface area contributed by atoms with E-state index in [1.54, 1.807) is 24.3 Å². The van der Waals surface area contributed by atoms with Crippen molar-refractivity contribution < 1.29 is 28.5 Å². The number of azide groups is 1. The number of rotatable bonds is 6. The molecule has 0 saturated carbocycles. The topological polar surface area (TPSA) is 123 Å². The number of hydrogen-bond donors (Lipinski definition) is 0. The highest BCUT2D eigenvalue weighted by Crippen LogP contribution is 2.39. The van der Waals surface area contributed by atoms with Crippen molar-refractivity contribution in [3.05, 3.63) is 118 Å². The van der Waals surface area contributed by atoms with Crippen LogP contribution in [0.25, 0.3) is 10.4 Å². The molecule has 2 fully saturated rings. The summed E-state index contributed by atoms with van der Waals surface area (Å²) >= 11 is 0. The molecule has 3 aliphatic heterocycles. The minimum Gasteiger partial charge on any atom is -0.368 e. The lowest BCUT2D eigenvalue weighted by atomic mass is 9.93. The van der Waals surface area contributed by atoms with Gasteiger partial charge in [0.1, 0.15) is 24.4 Å². The van der Waals surface area contributed by atoms with Crippen LogP contribution in [0.3, 0.4) is 0 Å². The molecule has 3 aromatic rings. The summed E-state index contributed by atoms with van der Waals surface area (Å²) in [5.74, 6) is -1.01. The first-order chi connectivity index (χ1) is 18.7. The fraction of sp³-hybridized carbons (Fsp3) is 0.286. The second-order valence-corrected chi connectivity index (χ2v) is 9.22. The third kappa shape index (κ3) is 4.34. The summed E-state index contributed by atoms with van der Waals surface area (Å²) in [6.45, 7) is 0.319. The average Bonchev–Trinajstić information content (AvgIpc) is 3.22. The van der Waals surface area contributed by atoms with E-state index in [9.17, 15) is 15.1 Å². The maximum absolute atomic E-state index is 13.5. The zero-order valence-corrected chi connectivity index (χ0v) is 20.2. The largest absolute Gasteiger partial charge is 0.368 e. The maximum atomic E-state index is 13.5. The van der Waals surface area contributed by atoms with E-state index in [0.29, 0.717) is 0 Å². The van der Waals surface area contributed by atoms with Crippen molar-refractivity contribution in [3.63, 3.8) is 0 Å². The number of carbonyl (C=O) groups excluding carboxylic acids is 2. The number of hydrogen-bond acceptors (Lipinski definition) is 7. The summed E-state index contributed by atoms with van der Waals surface area (Å²) in [4.78, 5) is 31.1. The molecule has 10 heteroatoms. The lowest BCUT2D eigenvalue weighted by molar-refractivity contribution is -0.324. The molecule has 0 aliphatic carbocycles. The lowest BCUT2D eigenvalue weighted by Gasteiger charge is -2.50. The number of amides is 2. The number of benzene rings is 3. The Morgan fingerprint density at radius 3 is 2.18 bits per heavy atom. The van der Waals surface area contributed by atoms with Crippen molar-refractivity contribution in [3.8, 4) is 0 Å². The molecule has 3 heterocycles. The molecule has 6 rings (SSSR count). The summed E-state index contributed by atoms with van der Waals surface area (Å²) < 4.78 is 24.9. The monoisotopic (exact) mass is 512 g/mol. The van der Waals surface area contributed by atoms with E-state index in [4.69, 9.17) is 18.9 Å². The van der Waals surface area contributed by atoms with E-state index in [-0.39, 0.29) is 24.3 Å². The summed E-state index contributed by atoms with van der Waals surface area (Å²) in [5, 5.41) is 3.84. The molecule has 0 radical (unpaired) electrons. The maximum Gasteiger partial charge on any atom is 0.261 e. The van der Waals surface area contributed by atoms with Crippen LogP contribution in [0.4, 0.5) is 0 Å². The van der Waals surface area contributed by atoms with Crippen molar-refractivity contribution in [1.82, 2.24) is 4.90 Å². The van der Waals surface area contributed by atoms with E-state index >= 15 is 0 Å². The van der Waals surface area contributed by atoms with Crippen LogP contribution in [0.2, 0.25) is 0 Å². The summed E-state index contributed by atoms with van der Waals surface area (Å²) in [7, 11) is 0. The smallest absolute Gasteiger partial charge is 0.261 e. The zero-order valence-electron chi connectivity index (χ0n) is 20.2. The Kier molecular flexibility index (Phi) is 6.63. The predicted octanol–water partition coefficient (Wildman–Crippen LogP) is 4.39. The fourth-order valence-electron chi connectivity index (χ4n) is 5.21. The highest BCUT2D eigenvalue weighted by Gasteiger charge is 2.56. The van der Waals surface area contributed by atoms with Gasteiger partial charge in [-0.1, -0.05) is 77.9 Å². The molecule has 10 nitrogen and oxygen atoms in total. The number of fused-ring (bicyclic) bond motifs is 2. The number of carbonyl (C=O) groups is 2. The zero-order chi connectivity index (χ0) is 26.1. The number of nitrogens with zero attached hydrogens (tertiary/aromatic N) is 4. The van der Waals surface area contributed by atoms with Crippen LogP contribution in [0, 0.1) is 0 Å². The van der Waals surface area contributed by atoms with Gasteiger partial charge in [-0.15, -0.1) is 0 Å². The minimum absolute atomic E-state index is 0.141. The minimum atomic E-state index is -1.20. The summed E-state index contributed by atoms with van der Waals surface area (Å²) in [5.41, 5.74) is 11.6. The fourth-order valence-corrected chi connectivity index (χ4v) is 5.21. The van der Waals surface area contributed by atoms with Crippen LogP contribution < -0.4 is 0 Å². The normalized spacial score (nSPS) is 28.4. The molecule has 0 N–H and O–H groups in total. The predicted molar refractivity (Wildman–Crippen MR) is 134 cm³/mol. The van der Waals surface area contributed by atoms with Crippen molar-refractivity contribution in [2.24, 2.45) is 5.11 Å². The molecule has 3 aromatic carbocycles. The van der Waals surface area contributed by atoms with Gasteiger partial charge in [-0.05, 0) is 23.2 Å². The van der Waals surface area contributed by atoms with Crippen molar-refractivity contribution in [2.45, 2.75) is 43.5 Å². The Morgan fingerprint density at radius 2 is 1.53 bits per heavy atom. The van der Waals surface area contributed by atoms with Crippen LogP contribution >= 0.6 is 0 Å². The van der Waals surface area contributed by atoms with Crippen LogP contribution in [-0.4, -0.2) is 53.9 Å². The van der Waals surface area contributed by atoms with Gasteiger partial charge >= 0.3 is 0 Å². The Bertz CT molecular complexity index is 1350. The highest BCUT2D eigenvalue weighted by molar-refractivity contribution is 6.21. The van der Waals surface area contributed by atoms with Gasteiger partial charge < -0.3 is 18.9 Å². The second kappa shape index (κ2) is 10.4. The van der Waals surface area contributed by atoms with Crippen molar-refractivity contribution in [1.29, 1.82) is 0 Å². The van der Waals surface area contributed by atoms with Gasteiger partial charge in [0.15, 0.2) is 12.5 Å². The van der Waals surface area contributed by atoms with Gasteiger partial charge in [0.05, 0.1) is 24.3 Å². The summed E-state index contributed by atoms with van der Waals surface area (Å²) in [6, 6.07) is 24.5. The molecule has 0 bridgehead atoms. The molecule has 0 aromatic heterocycles. The van der Waals surface area contributed by atoms with Gasteiger partial charge in [0, 0.05) is 10.5 Å². The Balaban J connectivity index is 1.39. The first-order valence-electron chi connectivity index (χ1n) is 12.3. The Hall–Kier alpha value is -4.05. The molecule has 2 amide bonds. The first kappa shape index (κ1) is 24.3. The standard InChI is InChI=1S/C28H24N4O6/c29-31-30-25-22(32-26(33)19-13-7-8-14-20(19)27(32)34)24(35-15-17-9-3-1-4-10-17)23-21(37-25)16-36-28(38-23)18-11-5-2-6-12-18/h1-14,21-25,28H,15-16H2/t21-,22-,23-,24-,25-,28-/m1/s1. The van der Waals surface area contributed by atoms with E-state index in [1.807, 2.05) is 60.7 Å². The Labute approximate surface area is 218 Å².